The van der Waals surface area contributed by atoms with Crippen LogP contribution in [0, 0.1) is 0 Å². The van der Waals surface area contributed by atoms with Gasteiger partial charge < -0.3 is 21.4 Å². The molecule has 2 aromatic rings. The molecule has 20 heavy (non-hydrogen) atoms. The zero-order valence-electron chi connectivity index (χ0n) is 11.1. The van der Waals surface area contributed by atoms with Crippen LogP contribution in [-0.2, 0) is 6.54 Å². The molecule has 0 atom stereocenters. The van der Waals surface area contributed by atoms with E-state index in [-0.39, 0.29) is 11.6 Å². The first-order valence-electron chi connectivity index (χ1n) is 6.08. The van der Waals surface area contributed by atoms with Crippen LogP contribution in [0.15, 0.2) is 36.5 Å². The molecule has 0 saturated carbocycles. The lowest BCUT2D eigenvalue weighted by Gasteiger charge is -2.16. The van der Waals surface area contributed by atoms with Gasteiger partial charge in [0.25, 0.3) is 11.8 Å². The predicted octanol–water partition coefficient (Wildman–Crippen LogP) is 0.849. The fourth-order valence-electron chi connectivity index (χ4n) is 1.83. The Bertz CT molecular complexity index is 631. The average Bonchev–Trinajstić information content (AvgIpc) is 2.96. The summed E-state index contributed by atoms with van der Waals surface area (Å²) in [5, 5.41) is 0. The second-order valence-corrected chi connectivity index (χ2v) is 4.40. The van der Waals surface area contributed by atoms with Gasteiger partial charge in [-0.1, -0.05) is 12.1 Å². The van der Waals surface area contributed by atoms with Crippen LogP contribution in [-0.4, -0.2) is 23.8 Å². The zero-order chi connectivity index (χ0) is 14.7. The number of aromatic amines is 1. The van der Waals surface area contributed by atoms with Gasteiger partial charge in [0.05, 0.1) is 5.56 Å². The van der Waals surface area contributed by atoms with Crippen molar-refractivity contribution in [3.05, 3.63) is 53.3 Å². The molecule has 0 aliphatic rings. The zero-order valence-corrected chi connectivity index (χ0v) is 11.1. The molecule has 0 saturated heterocycles. The highest BCUT2D eigenvalue weighted by Crippen LogP contribution is 2.17. The number of aromatic nitrogens is 1. The Labute approximate surface area is 116 Å². The first-order chi connectivity index (χ1) is 9.52. The number of benzene rings is 1. The minimum Gasteiger partial charge on any atom is -0.364 e. The van der Waals surface area contributed by atoms with E-state index in [1.165, 1.54) is 17.2 Å². The summed E-state index contributed by atoms with van der Waals surface area (Å²) in [4.78, 5) is 27.4. The van der Waals surface area contributed by atoms with Gasteiger partial charge in [0, 0.05) is 25.5 Å². The number of primary amides is 1. The molecular formula is C14H16N4O2. The first-order valence-corrected chi connectivity index (χ1v) is 6.08. The Morgan fingerprint density at radius 3 is 2.40 bits per heavy atom. The number of nitrogens with two attached hydrogens (primary N) is 2. The molecule has 1 aromatic heterocycles. The van der Waals surface area contributed by atoms with E-state index in [0.29, 0.717) is 12.1 Å². The van der Waals surface area contributed by atoms with E-state index >= 15 is 0 Å². The maximum absolute atomic E-state index is 12.3. The Balaban J connectivity index is 2.20. The molecule has 0 bridgehead atoms. The van der Waals surface area contributed by atoms with Crippen LogP contribution in [0.4, 0.5) is 5.69 Å². The predicted molar refractivity (Wildman–Crippen MR) is 76.4 cm³/mol. The lowest BCUT2D eigenvalue weighted by Crippen LogP contribution is -2.25. The molecule has 2 amide bonds. The molecule has 5 N–H and O–H groups in total. The lowest BCUT2D eigenvalue weighted by molar-refractivity contribution is 0.0990. The molecule has 1 aromatic carbocycles. The van der Waals surface area contributed by atoms with E-state index in [1.54, 1.807) is 7.05 Å². The Morgan fingerprint density at radius 2 is 1.90 bits per heavy atom. The highest BCUT2D eigenvalue weighted by Gasteiger charge is 2.16. The summed E-state index contributed by atoms with van der Waals surface area (Å²) >= 11 is 0. The number of rotatable bonds is 4. The minimum absolute atomic E-state index is 0.209. The highest BCUT2D eigenvalue weighted by atomic mass is 16.2. The summed E-state index contributed by atoms with van der Waals surface area (Å²) in [7, 11) is 1.66. The number of anilines is 1. The van der Waals surface area contributed by atoms with Gasteiger partial charge in [-0.05, 0) is 23.8 Å². The largest absolute Gasteiger partial charge is 0.364 e. The third-order valence-corrected chi connectivity index (χ3v) is 3.06. The summed E-state index contributed by atoms with van der Waals surface area (Å²) in [6, 6.07) is 8.81. The number of amides is 2. The maximum Gasteiger partial charge on any atom is 0.265 e. The van der Waals surface area contributed by atoms with Gasteiger partial charge in [0.1, 0.15) is 5.69 Å². The third-order valence-electron chi connectivity index (χ3n) is 3.06. The standard InChI is InChI=1S/C14H16N4O2/c1-18(11-4-2-9(7-15)3-5-11)14(20)10-6-12(13(16)19)17-8-10/h2-6,8,17H,7,15H2,1H3,(H2,16,19). The summed E-state index contributed by atoms with van der Waals surface area (Å²) < 4.78 is 0. The third kappa shape index (κ3) is 2.70. The Hall–Kier alpha value is -2.60. The molecule has 1 heterocycles. The van der Waals surface area contributed by atoms with Crippen molar-refractivity contribution >= 4 is 17.5 Å². The number of nitrogens with zero attached hydrogens (tertiary/aromatic N) is 1. The second-order valence-electron chi connectivity index (χ2n) is 4.40. The van der Waals surface area contributed by atoms with Crippen LogP contribution in [0.25, 0.3) is 0 Å². The smallest absolute Gasteiger partial charge is 0.265 e. The Kier molecular flexibility index (Phi) is 3.86. The van der Waals surface area contributed by atoms with Crippen LogP contribution in [0.5, 0.6) is 0 Å². The van der Waals surface area contributed by atoms with Crippen LogP contribution in [0.2, 0.25) is 0 Å². The molecular weight excluding hydrogens is 256 g/mol. The van der Waals surface area contributed by atoms with Gasteiger partial charge in [0.15, 0.2) is 0 Å². The van der Waals surface area contributed by atoms with Crippen LogP contribution < -0.4 is 16.4 Å². The molecule has 0 spiro atoms. The van der Waals surface area contributed by atoms with E-state index < -0.39 is 5.91 Å². The van der Waals surface area contributed by atoms with Crippen molar-refractivity contribution in [2.75, 3.05) is 11.9 Å². The lowest BCUT2D eigenvalue weighted by atomic mass is 10.2. The van der Waals surface area contributed by atoms with Crippen molar-refractivity contribution in [3.63, 3.8) is 0 Å². The SMILES string of the molecule is CN(C(=O)c1c[nH]c(C(N)=O)c1)c1ccc(CN)cc1. The van der Waals surface area contributed by atoms with Gasteiger partial charge >= 0.3 is 0 Å². The molecule has 2 rings (SSSR count). The fourth-order valence-corrected chi connectivity index (χ4v) is 1.83. The quantitative estimate of drug-likeness (QED) is 0.768. The number of nitrogens with one attached hydrogen (secondary N) is 1. The molecule has 6 nitrogen and oxygen atoms in total. The number of hydrogen-bond acceptors (Lipinski definition) is 3. The van der Waals surface area contributed by atoms with Crippen LogP contribution in [0.3, 0.4) is 0 Å². The molecule has 0 radical (unpaired) electrons. The Morgan fingerprint density at radius 1 is 1.25 bits per heavy atom. The van der Waals surface area contributed by atoms with E-state index in [2.05, 4.69) is 4.98 Å². The van der Waals surface area contributed by atoms with E-state index in [4.69, 9.17) is 11.5 Å². The summed E-state index contributed by atoms with van der Waals surface area (Å²) in [5.74, 6) is -0.826. The molecule has 6 heteroatoms. The van der Waals surface area contributed by atoms with Crippen LogP contribution in [0.1, 0.15) is 26.4 Å². The van der Waals surface area contributed by atoms with Gasteiger partial charge in [0.2, 0.25) is 0 Å². The van der Waals surface area contributed by atoms with Gasteiger partial charge in [-0.3, -0.25) is 9.59 Å². The number of H-pyrrole nitrogens is 1. The number of hydrogen-bond donors (Lipinski definition) is 3. The monoisotopic (exact) mass is 272 g/mol. The van der Waals surface area contributed by atoms with Crippen molar-refractivity contribution < 1.29 is 9.59 Å². The topological polar surface area (TPSA) is 105 Å². The van der Waals surface area contributed by atoms with Crippen molar-refractivity contribution in [3.8, 4) is 0 Å². The number of carbonyl (C=O) groups excluding carboxylic acids is 2. The molecule has 104 valence electrons. The molecule has 0 aliphatic heterocycles. The normalized spacial score (nSPS) is 10.3. The maximum atomic E-state index is 12.3. The van der Waals surface area contributed by atoms with Crippen LogP contribution >= 0.6 is 0 Å². The van der Waals surface area contributed by atoms with Crippen molar-refractivity contribution in [2.24, 2.45) is 11.5 Å². The van der Waals surface area contributed by atoms with Gasteiger partial charge in [-0.2, -0.15) is 0 Å². The molecule has 0 fully saturated rings. The molecule has 0 aliphatic carbocycles. The van der Waals surface area contributed by atoms with Crippen molar-refractivity contribution in [1.82, 2.24) is 4.98 Å². The minimum atomic E-state index is -0.598. The highest BCUT2D eigenvalue weighted by molar-refractivity contribution is 6.07. The summed E-state index contributed by atoms with van der Waals surface area (Å²) in [6.07, 6.45) is 1.47. The van der Waals surface area contributed by atoms with E-state index in [9.17, 15) is 9.59 Å². The van der Waals surface area contributed by atoms with Gasteiger partial charge in [-0.15, -0.1) is 0 Å². The van der Waals surface area contributed by atoms with Gasteiger partial charge in [-0.25, -0.2) is 0 Å². The fraction of sp³-hybridized carbons (Fsp3) is 0.143. The van der Waals surface area contributed by atoms with E-state index in [1.807, 2.05) is 24.3 Å². The van der Waals surface area contributed by atoms with Crippen molar-refractivity contribution in [2.45, 2.75) is 6.54 Å². The van der Waals surface area contributed by atoms with Crippen molar-refractivity contribution in [1.29, 1.82) is 0 Å². The number of carbonyl (C=O) groups is 2. The summed E-state index contributed by atoms with van der Waals surface area (Å²) in [5.41, 5.74) is 13.0. The first kappa shape index (κ1) is 13.8. The average molecular weight is 272 g/mol. The molecule has 0 unspecified atom stereocenters. The van der Waals surface area contributed by atoms with E-state index in [0.717, 1.165) is 11.3 Å². The summed E-state index contributed by atoms with van der Waals surface area (Å²) in [6.45, 7) is 0.456. The second kappa shape index (κ2) is 5.58.